The Morgan fingerprint density at radius 3 is 3.00 bits per heavy atom. The van der Waals surface area contributed by atoms with Gasteiger partial charge >= 0.3 is 0 Å². The van der Waals surface area contributed by atoms with Crippen molar-refractivity contribution in [1.82, 2.24) is 24.8 Å². The average Bonchev–Trinajstić information content (AvgIpc) is 3.37. The van der Waals surface area contributed by atoms with E-state index < -0.39 is 0 Å². The molecule has 7 nitrogen and oxygen atoms in total. The summed E-state index contributed by atoms with van der Waals surface area (Å²) in [6.45, 7) is 4.80. The third-order valence-electron chi connectivity index (χ3n) is 4.31. The third-order valence-corrected chi connectivity index (χ3v) is 4.31. The number of rotatable bonds is 5. The van der Waals surface area contributed by atoms with Gasteiger partial charge in [0, 0.05) is 24.4 Å². The van der Waals surface area contributed by atoms with E-state index >= 15 is 0 Å². The van der Waals surface area contributed by atoms with Gasteiger partial charge in [0.25, 0.3) is 0 Å². The van der Waals surface area contributed by atoms with Gasteiger partial charge in [-0.05, 0) is 31.5 Å². The van der Waals surface area contributed by atoms with Crippen molar-refractivity contribution in [2.24, 2.45) is 5.16 Å². The molecule has 2 aromatic heterocycles. The van der Waals surface area contributed by atoms with E-state index in [4.69, 9.17) is 4.84 Å². The predicted octanol–water partition coefficient (Wildman–Crippen LogP) is 2.99. The Morgan fingerprint density at radius 2 is 2.24 bits per heavy atom. The van der Waals surface area contributed by atoms with Gasteiger partial charge in [0.15, 0.2) is 6.10 Å². The zero-order valence-corrected chi connectivity index (χ0v) is 14.3. The van der Waals surface area contributed by atoms with Gasteiger partial charge in [-0.2, -0.15) is 5.10 Å². The molecule has 0 N–H and O–H groups in total. The zero-order chi connectivity index (χ0) is 17.2. The van der Waals surface area contributed by atoms with E-state index in [1.54, 1.807) is 6.20 Å². The smallest absolute Gasteiger partial charge is 0.152 e. The van der Waals surface area contributed by atoms with Crippen molar-refractivity contribution in [2.75, 3.05) is 0 Å². The van der Waals surface area contributed by atoms with Crippen LogP contribution in [0.2, 0.25) is 0 Å². The number of aromatic nitrogens is 5. The summed E-state index contributed by atoms with van der Waals surface area (Å²) in [5, 5.41) is 17.1. The zero-order valence-electron chi connectivity index (χ0n) is 14.3. The Balaban J connectivity index is 1.59. The molecule has 0 spiro atoms. The van der Waals surface area contributed by atoms with E-state index in [-0.39, 0.29) is 6.10 Å². The lowest BCUT2D eigenvalue weighted by Gasteiger charge is -2.09. The molecule has 0 fully saturated rings. The summed E-state index contributed by atoms with van der Waals surface area (Å²) >= 11 is 0. The van der Waals surface area contributed by atoms with Gasteiger partial charge in [-0.15, -0.1) is 5.10 Å². The molecular weight excluding hydrogens is 316 g/mol. The first-order valence-electron chi connectivity index (χ1n) is 8.45. The summed E-state index contributed by atoms with van der Waals surface area (Å²) in [5.74, 6) is 0. The molecule has 1 aliphatic rings. The molecule has 3 heterocycles. The highest BCUT2D eigenvalue weighted by molar-refractivity contribution is 5.85. The van der Waals surface area contributed by atoms with E-state index in [1.807, 2.05) is 27.8 Å². The number of hydrogen-bond acceptors (Lipinski definition) is 5. The van der Waals surface area contributed by atoms with Gasteiger partial charge in [0.05, 0.1) is 24.1 Å². The van der Waals surface area contributed by atoms with Crippen molar-refractivity contribution in [3.8, 4) is 16.9 Å². The second kappa shape index (κ2) is 6.51. The molecule has 1 atom stereocenters. The van der Waals surface area contributed by atoms with Crippen LogP contribution in [0.5, 0.6) is 0 Å². The summed E-state index contributed by atoms with van der Waals surface area (Å²) in [7, 11) is 0. The molecule has 0 saturated heterocycles. The van der Waals surface area contributed by atoms with Gasteiger partial charge in [-0.1, -0.05) is 28.9 Å². The van der Waals surface area contributed by atoms with Crippen LogP contribution in [0.15, 0.2) is 48.0 Å². The molecule has 1 unspecified atom stereocenters. The molecule has 128 valence electrons. The maximum atomic E-state index is 5.46. The normalized spacial score (nSPS) is 16.7. The molecule has 1 aliphatic heterocycles. The van der Waals surface area contributed by atoms with E-state index in [9.17, 15) is 0 Å². The molecule has 25 heavy (non-hydrogen) atoms. The maximum Gasteiger partial charge on any atom is 0.152 e. The minimum Gasteiger partial charge on any atom is -0.390 e. The summed E-state index contributed by atoms with van der Waals surface area (Å²) in [5.41, 5.74) is 5.08. The second-order valence-corrected chi connectivity index (χ2v) is 6.24. The Bertz CT molecular complexity index is 896. The monoisotopic (exact) mass is 336 g/mol. The van der Waals surface area contributed by atoms with E-state index in [0.29, 0.717) is 6.54 Å². The van der Waals surface area contributed by atoms with Crippen molar-refractivity contribution >= 4 is 5.71 Å². The fourth-order valence-electron chi connectivity index (χ4n) is 2.98. The molecule has 0 amide bonds. The Hall–Kier alpha value is -2.96. The van der Waals surface area contributed by atoms with Gasteiger partial charge in [0.1, 0.15) is 5.69 Å². The highest BCUT2D eigenvalue weighted by Crippen LogP contribution is 2.26. The van der Waals surface area contributed by atoms with Gasteiger partial charge < -0.3 is 4.84 Å². The predicted molar refractivity (Wildman–Crippen MR) is 94.5 cm³/mol. The van der Waals surface area contributed by atoms with Crippen LogP contribution in [0.1, 0.15) is 25.3 Å². The minimum absolute atomic E-state index is 0.0348. The second-order valence-electron chi connectivity index (χ2n) is 6.24. The van der Waals surface area contributed by atoms with Crippen molar-refractivity contribution in [1.29, 1.82) is 0 Å². The van der Waals surface area contributed by atoms with Crippen LogP contribution in [-0.4, -0.2) is 36.6 Å². The van der Waals surface area contributed by atoms with E-state index in [1.165, 1.54) is 5.56 Å². The molecule has 0 radical (unpaired) electrons. The Labute approximate surface area is 145 Å². The van der Waals surface area contributed by atoms with Gasteiger partial charge in [-0.25, -0.2) is 9.36 Å². The summed E-state index contributed by atoms with van der Waals surface area (Å²) < 4.78 is 3.67. The van der Waals surface area contributed by atoms with Gasteiger partial charge in [0.2, 0.25) is 0 Å². The fraction of sp³-hybridized carbons (Fsp3) is 0.333. The SMILES string of the molecule is CCC1=NOC(Cn2cc(-c3cc(C)ccc3-n3cccn3)nn2)C1. The summed E-state index contributed by atoms with van der Waals surface area (Å²) in [4.78, 5) is 5.46. The number of nitrogens with zero attached hydrogens (tertiary/aromatic N) is 6. The van der Waals surface area contributed by atoms with E-state index in [2.05, 4.69) is 52.6 Å². The van der Waals surface area contributed by atoms with Crippen LogP contribution in [-0.2, 0) is 11.4 Å². The lowest BCUT2D eigenvalue weighted by Crippen LogP contribution is -2.16. The van der Waals surface area contributed by atoms with Crippen molar-refractivity contribution in [3.05, 3.63) is 48.4 Å². The quantitative estimate of drug-likeness (QED) is 0.718. The molecule has 4 rings (SSSR count). The fourth-order valence-corrected chi connectivity index (χ4v) is 2.98. The first kappa shape index (κ1) is 15.6. The Morgan fingerprint density at radius 1 is 1.32 bits per heavy atom. The lowest BCUT2D eigenvalue weighted by molar-refractivity contribution is 0.0693. The lowest BCUT2D eigenvalue weighted by atomic mass is 10.1. The topological polar surface area (TPSA) is 70.1 Å². The van der Waals surface area contributed by atoms with Crippen LogP contribution in [0, 0.1) is 6.92 Å². The maximum absolute atomic E-state index is 5.46. The molecule has 0 bridgehead atoms. The molecule has 0 saturated carbocycles. The average molecular weight is 336 g/mol. The number of aryl methyl sites for hydroxylation is 1. The van der Waals surface area contributed by atoms with Crippen LogP contribution in [0.4, 0.5) is 0 Å². The summed E-state index contributed by atoms with van der Waals surface area (Å²) in [6, 6.07) is 8.14. The number of benzene rings is 1. The van der Waals surface area contributed by atoms with Crippen LogP contribution in [0.25, 0.3) is 16.9 Å². The standard InChI is InChI=1S/C18H20N6O/c1-3-14-10-15(25-21-14)11-23-12-17(20-22-23)16-9-13(2)5-6-18(16)24-8-4-7-19-24/h4-9,12,15H,3,10-11H2,1-2H3. The largest absolute Gasteiger partial charge is 0.390 e. The minimum atomic E-state index is 0.0348. The van der Waals surface area contributed by atoms with Crippen molar-refractivity contribution in [2.45, 2.75) is 39.3 Å². The number of oxime groups is 1. The molecule has 7 heteroatoms. The van der Waals surface area contributed by atoms with E-state index in [0.717, 1.165) is 35.5 Å². The first-order valence-corrected chi connectivity index (χ1v) is 8.45. The highest BCUT2D eigenvalue weighted by Gasteiger charge is 2.21. The molecule has 1 aromatic carbocycles. The number of hydrogen-bond donors (Lipinski definition) is 0. The van der Waals surface area contributed by atoms with Crippen LogP contribution < -0.4 is 0 Å². The van der Waals surface area contributed by atoms with Crippen LogP contribution in [0.3, 0.4) is 0 Å². The van der Waals surface area contributed by atoms with Crippen molar-refractivity contribution in [3.63, 3.8) is 0 Å². The summed E-state index contributed by atoms with van der Waals surface area (Å²) in [6.07, 6.45) is 7.46. The molecular formula is C18H20N6O. The molecule has 0 aliphatic carbocycles. The third kappa shape index (κ3) is 3.17. The van der Waals surface area contributed by atoms with Crippen molar-refractivity contribution < 1.29 is 4.84 Å². The van der Waals surface area contributed by atoms with Crippen LogP contribution >= 0.6 is 0 Å². The molecule has 3 aromatic rings. The highest BCUT2D eigenvalue weighted by atomic mass is 16.6. The first-order chi connectivity index (χ1) is 12.2. The van der Waals surface area contributed by atoms with Gasteiger partial charge in [-0.3, -0.25) is 0 Å². The Kier molecular flexibility index (Phi) is 4.05.